The Kier molecular flexibility index (Phi) is 4.96. The van der Waals surface area contributed by atoms with Gasteiger partial charge in [0, 0.05) is 23.9 Å². The molecule has 16 heavy (non-hydrogen) atoms. The summed E-state index contributed by atoms with van der Waals surface area (Å²) in [6.45, 7) is 5.07. The van der Waals surface area contributed by atoms with Gasteiger partial charge in [0.1, 0.15) is 11.5 Å². The zero-order valence-corrected chi connectivity index (χ0v) is 10.7. The lowest BCUT2D eigenvalue weighted by Gasteiger charge is -2.17. The highest BCUT2D eigenvalue weighted by atomic mass is 32.2. The Morgan fingerprint density at radius 2 is 1.75 bits per heavy atom. The van der Waals surface area contributed by atoms with E-state index in [-0.39, 0.29) is 17.5 Å². The van der Waals surface area contributed by atoms with Crippen LogP contribution in [0.1, 0.15) is 25.5 Å². The number of rotatable bonds is 5. The van der Waals surface area contributed by atoms with Crippen LogP contribution in [0.25, 0.3) is 0 Å². The van der Waals surface area contributed by atoms with Crippen LogP contribution < -0.4 is 5.32 Å². The largest absolute Gasteiger partial charge is 0.508 e. The first-order valence-electron chi connectivity index (χ1n) is 5.32. The third kappa shape index (κ3) is 3.94. The summed E-state index contributed by atoms with van der Waals surface area (Å²) in [6.07, 6.45) is 2.08. The number of phenolic OH excluding ortho intramolecular Hbond substituents is 2. The third-order valence-corrected chi connectivity index (χ3v) is 3.51. The van der Waals surface area contributed by atoms with Gasteiger partial charge in [0.15, 0.2) is 0 Å². The van der Waals surface area contributed by atoms with Crippen LogP contribution in [-0.2, 0) is 0 Å². The van der Waals surface area contributed by atoms with Gasteiger partial charge in [0.2, 0.25) is 0 Å². The van der Waals surface area contributed by atoms with E-state index < -0.39 is 0 Å². The average Bonchev–Trinajstić information content (AvgIpc) is 2.23. The summed E-state index contributed by atoms with van der Waals surface area (Å²) in [7, 11) is 0. The van der Waals surface area contributed by atoms with Crippen LogP contribution in [0, 0.1) is 0 Å². The fourth-order valence-electron chi connectivity index (χ4n) is 1.41. The van der Waals surface area contributed by atoms with Gasteiger partial charge in [-0.15, -0.1) is 0 Å². The molecule has 4 heteroatoms. The number of phenols is 2. The summed E-state index contributed by atoms with van der Waals surface area (Å²) in [4.78, 5) is 0. The summed E-state index contributed by atoms with van der Waals surface area (Å²) < 4.78 is 0. The van der Waals surface area contributed by atoms with Gasteiger partial charge < -0.3 is 15.5 Å². The molecule has 0 spiro atoms. The number of nitrogens with one attached hydrogen (secondary N) is 1. The zero-order chi connectivity index (χ0) is 12.1. The topological polar surface area (TPSA) is 52.5 Å². The molecule has 0 aliphatic rings. The summed E-state index contributed by atoms with van der Waals surface area (Å²) in [5, 5.41) is 22.7. The SMILES string of the molecule is CSC(C)CNC(C)c1cc(O)cc(O)c1. The highest BCUT2D eigenvalue weighted by Gasteiger charge is 2.08. The molecule has 0 heterocycles. The Balaban J connectivity index is 2.62. The molecule has 0 saturated heterocycles. The molecule has 0 aliphatic heterocycles. The minimum absolute atomic E-state index is 0.0987. The molecule has 0 saturated carbocycles. The number of aromatic hydroxyl groups is 2. The molecular weight excluding hydrogens is 222 g/mol. The summed E-state index contributed by atoms with van der Waals surface area (Å²) >= 11 is 1.81. The Morgan fingerprint density at radius 3 is 2.25 bits per heavy atom. The molecule has 2 unspecified atom stereocenters. The van der Waals surface area contributed by atoms with E-state index in [4.69, 9.17) is 0 Å². The van der Waals surface area contributed by atoms with E-state index in [0.29, 0.717) is 5.25 Å². The van der Waals surface area contributed by atoms with Crippen molar-refractivity contribution in [3.8, 4) is 11.5 Å². The van der Waals surface area contributed by atoms with Gasteiger partial charge in [0.05, 0.1) is 0 Å². The fourth-order valence-corrected chi connectivity index (χ4v) is 1.67. The highest BCUT2D eigenvalue weighted by Crippen LogP contribution is 2.24. The lowest BCUT2D eigenvalue weighted by molar-refractivity contribution is 0.446. The highest BCUT2D eigenvalue weighted by molar-refractivity contribution is 7.99. The molecule has 0 aromatic heterocycles. The van der Waals surface area contributed by atoms with Crippen molar-refractivity contribution in [1.29, 1.82) is 0 Å². The Labute approximate surface area is 101 Å². The fraction of sp³-hybridized carbons (Fsp3) is 0.500. The number of hydrogen-bond donors (Lipinski definition) is 3. The molecule has 2 atom stereocenters. The molecule has 0 aliphatic carbocycles. The maximum atomic E-state index is 9.37. The van der Waals surface area contributed by atoms with Crippen molar-refractivity contribution in [3.63, 3.8) is 0 Å². The Hall–Kier alpha value is -0.870. The van der Waals surface area contributed by atoms with Gasteiger partial charge in [-0.3, -0.25) is 0 Å². The van der Waals surface area contributed by atoms with Crippen LogP contribution in [0.15, 0.2) is 18.2 Å². The maximum absolute atomic E-state index is 9.37. The first kappa shape index (κ1) is 13.2. The van der Waals surface area contributed by atoms with E-state index in [2.05, 4.69) is 18.5 Å². The summed E-state index contributed by atoms with van der Waals surface area (Å²) in [5.41, 5.74) is 0.894. The van der Waals surface area contributed by atoms with Gasteiger partial charge in [-0.05, 0) is 30.9 Å². The van der Waals surface area contributed by atoms with Crippen molar-refractivity contribution >= 4 is 11.8 Å². The molecule has 0 amide bonds. The van der Waals surface area contributed by atoms with E-state index in [1.165, 1.54) is 6.07 Å². The van der Waals surface area contributed by atoms with Crippen molar-refractivity contribution in [2.45, 2.75) is 25.1 Å². The normalized spacial score (nSPS) is 14.7. The second kappa shape index (κ2) is 6.01. The Bertz CT molecular complexity index is 324. The minimum atomic E-state index is 0.0987. The van der Waals surface area contributed by atoms with Crippen LogP contribution in [0.3, 0.4) is 0 Å². The molecule has 0 bridgehead atoms. The average molecular weight is 241 g/mol. The summed E-state index contributed by atoms with van der Waals surface area (Å²) in [5.74, 6) is 0.197. The first-order chi connectivity index (χ1) is 7.52. The van der Waals surface area contributed by atoms with E-state index >= 15 is 0 Å². The molecule has 1 aromatic rings. The minimum Gasteiger partial charge on any atom is -0.508 e. The predicted molar refractivity (Wildman–Crippen MR) is 69.2 cm³/mol. The third-order valence-electron chi connectivity index (χ3n) is 2.54. The lowest BCUT2D eigenvalue weighted by Crippen LogP contribution is -2.25. The molecule has 0 radical (unpaired) electrons. The molecule has 1 rings (SSSR count). The van der Waals surface area contributed by atoms with E-state index in [9.17, 15) is 10.2 Å². The first-order valence-corrected chi connectivity index (χ1v) is 6.60. The molecule has 90 valence electrons. The van der Waals surface area contributed by atoms with Gasteiger partial charge in [0.25, 0.3) is 0 Å². The van der Waals surface area contributed by atoms with E-state index in [0.717, 1.165) is 12.1 Å². The monoisotopic (exact) mass is 241 g/mol. The Morgan fingerprint density at radius 1 is 1.19 bits per heavy atom. The van der Waals surface area contributed by atoms with Crippen molar-refractivity contribution in [3.05, 3.63) is 23.8 Å². The number of hydrogen-bond acceptors (Lipinski definition) is 4. The molecular formula is C12H19NO2S. The van der Waals surface area contributed by atoms with Crippen molar-refractivity contribution in [1.82, 2.24) is 5.32 Å². The van der Waals surface area contributed by atoms with Crippen LogP contribution in [0.4, 0.5) is 0 Å². The summed E-state index contributed by atoms with van der Waals surface area (Å²) in [6, 6.07) is 4.79. The van der Waals surface area contributed by atoms with E-state index in [1.807, 2.05) is 6.92 Å². The number of thioether (sulfide) groups is 1. The van der Waals surface area contributed by atoms with Crippen LogP contribution in [0.2, 0.25) is 0 Å². The van der Waals surface area contributed by atoms with Crippen molar-refractivity contribution < 1.29 is 10.2 Å². The molecule has 3 N–H and O–H groups in total. The van der Waals surface area contributed by atoms with Crippen molar-refractivity contribution in [2.24, 2.45) is 0 Å². The maximum Gasteiger partial charge on any atom is 0.119 e. The second-order valence-electron chi connectivity index (χ2n) is 3.96. The number of benzene rings is 1. The van der Waals surface area contributed by atoms with Crippen LogP contribution >= 0.6 is 11.8 Å². The van der Waals surface area contributed by atoms with Crippen molar-refractivity contribution in [2.75, 3.05) is 12.8 Å². The smallest absolute Gasteiger partial charge is 0.119 e. The van der Waals surface area contributed by atoms with Gasteiger partial charge >= 0.3 is 0 Å². The standard InChI is InChI=1S/C12H19NO2S/c1-8(16-3)7-13-9(2)10-4-11(14)6-12(15)5-10/h4-6,8-9,13-15H,7H2,1-3H3. The van der Waals surface area contributed by atoms with Crippen LogP contribution in [-0.4, -0.2) is 28.3 Å². The van der Waals surface area contributed by atoms with Gasteiger partial charge in [-0.2, -0.15) is 11.8 Å². The van der Waals surface area contributed by atoms with Crippen LogP contribution in [0.5, 0.6) is 11.5 Å². The molecule has 3 nitrogen and oxygen atoms in total. The van der Waals surface area contributed by atoms with E-state index in [1.54, 1.807) is 23.9 Å². The molecule has 0 fully saturated rings. The predicted octanol–water partition coefficient (Wildman–Crippen LogP) is 2.50. The quantitative estimate of drug-likeness (QED) is 0.741. The second-order valence-corrected chi connectivity index (χ2v) is 5.24. The zero-order valence-electron chi connectivity index (χ0n) is 9.90. The van der Waals surface area contributed by atoms with Gasteiger partial charge in [-0.1, -0.05) is 6.92 Å². The lowest BCUT2D eigenvalue weighted by atomic mass is 10.1. The van der Waals surface area contributed by atoms with Gasteiger partial charge in [-0.25, -0.2) is 0 Å². The molecule has 1 aromatic carbocycles.